The molecule has 1 atom stereocenters. The minimum absolute atomic E-state index is 0.0638. The van der Waals surface area contributed by atoms with E-state index in [9.17, 15) is 9.59 Å². The maximum atomic E-state index is 11.8. The number of hydrogen-bond acceptors (Lipinski definition) is 5. The molecule has 1 aromatic carbocycles. The first-order valence-electron chi connectivity index (χ1n) is 7.03. The number of carbonyl (C=O) groups is 2. The molecule has 0 aliphatic heterocycles. The molecule has 0 unspecified atom stereocenters. The molecule has 0 bridgehead atoms. The third-order valence-corrected chi connectivity index (χ3v) is 3.08. The molecule has 1 rings (SSSR count). The summed E-state index contributed by atoms with van der Waals surface area (Å²) < 4.78 is 9.90. The lowest BCUT2D eigenvalue weighted by Crippen LogP contribution is -2.33. The van der Waals surface area contributed by atoms with Gasteiger partial charge in [-0.3, -0.25) is 9.59 Å². The first kappa shape index (κ1) is 17.7. The molecule has 0 saturated carbocycles. The van der Waals surface area contributed by atoms with Crippen molar-refractivity contribution in [3.05, 3.63) is 29.8 Å². The Balaban J connectivity index is 2.46. The van der Waals surface area contributed by atoms with Crippen LogP contribution in [0.1, 0.15) is 25.3 Å². The lowest BCUT2D eigenvalue weighted by molar-refractivity contribution is -0.142. The van der Waals surface area contributed by atoms with E-state index in [1.165, 1.54) is 7.11 Å². The molecule has 5 nitrogen and oxygen atoms in total. The molecule has 22 heavy (non-hydrogen) atoms. The number of carbonyl (C=O) groups excluding carboxylic acids is 2. The molecule has 1 aromatic rings. The lowest BCUT2D eigenvalue weighted by atomic mass is 10.0. The quantitative estimate of drug-likeness (QED) is 0.581. The first-order chi connectivity index (χ1) is 10.6. The molecule has 0 amide bonds. The smallest absolute Gasteiger partial charge is 0.305 e. The van der Waals surface area contributed by atoms with Crippen LogP contribution in [0.4, 0.5) is 0 Å². The largest absolute Gasteiger partial charge is 0.481 e. The van der Waals surface area contributed by atoms with Crippen LogP contribution in [-0.4, -0.2) is 31.5 Å². The van der Waals surface area contributed by atoms with Crippen molar-refractivity contribution in [2.24, 2.45) is 5.73 Å². The van der Waals surface area contributed by atoms with Gasteiger partial charge in [0.15, 0.2) is 0 Å². The molecule has 0 saturated heterocycles. The van der Waals surface area contributed by atoms with Crippen LogP contribution in [0.2, 0.25) is 0 Å². The van der Waals surface area contributed by atoms with Gasteiger partial charge in [-0.05, 0) is 31.0 Å². The van der Waals surface area contributed by atoms with Gasteiger partial charge in [-0.15, -0.1) is 5.92 Å². The fraction of sp³-hybridized carbons (Fsp3) is 0.412. The highest BCUT2D eigenvalue weighted by molar-refractivity contribution is 5.87. The summed E-state index contributed by atoms with van der Waals surface area (Å²) in [5.74, 6) is 5.73. The number of ether oxygens (including phenoxy) is 2. The second-order valence-electron chi connectivity index (χ2n) is 4.71. The van der Waals surface area contributed by atoms with Crippen molar-refractivity contribution in [1.29, 1.82) is 0 Å². The van der Waals surface area contributed by atoms with Gasteiger partial charge < -0.3 is 15.2 Å². The molecular weight excluding hydrogens is 282 g/mol. The van der Waals surface area contributed by atoms with Gasteiger partial charge in [-0.1, -0.05) is 18.1 Å². The molecule has 0 fully saturated rings. The third-order valence-electron chi connectivity index (χ3n) is 3.08. The van der Waals surface area contributed by atoms with Gasteiger partial charge in [0.05, 0.1) is 19.6 Å². The van der Waals surface area contributed by atoms with E-state index in [4.69, 9.17) is 10.5 Å². The maximum Gasteiger partial charge on any atom is 0.305 e. The minimum Gasteiger partial charge on any atom is -0.481 e. The van der Waals surface area contributed by atoms with E-state index in [2.05, 4.69) is 16.6 Å². The number of Topliss-reactive ketones (excluding diaryl/α,β-unsaturated/α-hetero) is 1. The fourth-order valence-electron chi connectivity index (χ4n) is 1.79. The predicted octanol–water partition coefficient (Wildman–Crippen LogP) is 1.48. The first-order valence-corrected chi connectivity index (χ1v) is 7.03. The lowest BCUT2D eigenvalue weighted by Gasteiger charge is -2.11. The maximum absolute atomic E-state index is 11.8. The van der Waals surface area contributed by atoms with Crippen LogP contribution in [-0.2, 0) is 20.7 Å². The summed E-state index contributed by atoms with van der Waals surface area (Å²) in [6.45, 7) is 2.10. The summed E-state index contributed by atoms with van der Waals surface area (Å²) in [5.41, 5.74) is 6.80. The van der Waals surface area contributed by atoms with Crippen LogP contribution in [0.5, 0.6) is 5.75 Å². The summed E-state index contributed by atoms with van der Waals surface area (Å²) in [5, 5.41) is 0. The van der Waals surface area contributed by atoms with Crippen LogP contribution in [0.15, 0.2) is 24.3 Å². The zero-order chi connectivity index (χ0) is 16.4. The normalized spacial score (nSPS) is 11.0. The van der Waals surface area contributed by atoms with Gasteiger partial charge in [0.25, 0.3) is 0 Å². The highest BCUT2D eigenvalue weighted by atomic mass is 16.5. The zero-order valence-electron chi connectivity index (χ0n) is 12.9. The molecule has 0 heterocycles. The summed E-state index contributed by atoms with van der Waals surface area (Å²) in [6, 6.07) is 6.74. The van der Waals surface area contributed by atoms with Crippen molar-refractivity contribution in [2.75, 3.05) is 13.7 Å². The van der Waals surface area contributed by atoms with Crippen LogP contribution in [0, 0.1) is 11.8 Å². The standard InChI is InChI=1S/C17H21NO4/c1-3-4-11-22-14-7-5-13(6-8-14)12-15(18)16(19)9-10-17(20)21-2/h5-8,15H,9-12,18H2,1-2H3/t15-/m0/s1. The summed E-state index contributed by atoms with van der Waals surface area (Å²) in [4.78, 5) is 22.8. The van der Waals surface area contributed by atoms with Gasteiger partial charge in [0.2, 0.25) is 0 Å². The highest BCUT2D eigenvalue weighted by Gasteiger charge is 2.15. The van der Waals surface area contributed by atoms with Crippen LogP contribution < -0.4 is 10.5 Å². The Morgan fingerprint density at radius 2 is 1.91 bits per heavy atom. The topological polar surface area (TPSA) is 78.6 Å². The van der Waals surface area contributed by atoms with E-state index < -0.39 is 12.0 Å². The van der Waals surface area contributed by atoms with E-state index in [1.54, 1.807) is 6.92 Å². The van der Waals surface area contributed by atoms with E-state index >= 15 is 0 Å². The number of ketones is 1. The second kappa shape index (κ2) is 9.59. The van der Waals surface area contributed by atoms with Crippen molar-refractivity contribution < 1.29 is 19.1 Å². The number of esters is 1. The van der Waals surface area contributed by atoms with E-state index in [0.29, 0.717) is 13.0 Å². The summed E-state index contributed by atoms with van der Waals surface area (Å²) in [6.07, 6.45) is 0.591. The Bertz CT molecular complexity index is 554. The molecular formula is C17H21NO4. The molecule has 0 aliphatic carbocycles. The Morgan fingerprint density at radius 3 is 2.50 bits per heavy atom. The predicted molar refractivity (Wildman–Crippen MR) is 83.3 cm³/mol. The monoisotopic (exact) mass is 303 g/mol. The second-order valence-corrected chi connectivity index (χ2v) is 4.71. The summed E-state index contributed by atoms with van der Waals surface area (Å²) in [7, 11) is 1.29. The molecule has 118 valence electrons. The average Bonchev–Trinajstić information content (AvgIpc) is 2.54. The van der Waals surface area contributed by atoms with Gasteiger partial charge in [-0.2, -0.15) is 0 Å². The van der Waals surface area contributed by atoms with Crippen molar-refractivity contribution in [3.63, 3.8) is 0 Å². The Hall–Kier alpha value is -2.32. The molecule has 0 radical (unpaired) electrons. The Labute approximate surface area is 130 Å². The average molecular weight is 303 g/mol. The number of benzene rings is 1. The summed E-state index contributed by atoms with van der Waals surface area (Å²) >= 11 is 0. The fourth-order valence-corrected chi connectivity index (χ4v) is 1.79. The van der Waals surface area contributed by atoms with E-state index in [-0.39, 0.29) is 18.6 Å². The SMILES string of the molecule is CC#CCOc1ccc(C[C@H](N)C(=O)CCC(=O)OC)cc1. The van der Waals surface area contributed by atoms with Gasteiger partial charge >= 0.3 is 5.97 Å². The molecule has 5 heteroatoms. The molecule has 2 N–H and O–H groups in total. The molecule has 0 spiro atoms. The van der Waals surface area contributed by atoms with E-state index in [0.717, 1.165) is 11.3 Å². The number of nitrogens with two attached hydrogens (primary N) is 1. The van der Waals surface area contributed by atoms with Crippen molar-refractivity contribution in [1.82, 2.24) is 0 Å². The number of rotatable bonds is 8. The van der Waals surface area contributed by atoms with Crippen molar-refractivity contribution >= 4 is 11.8 Å². The van der Waals surface area contributed by atoms with Gasteiger partial charge in [0, 0.05) is 6.42 Å². The van der Waals surface area contributed by atoms with Gasteiger partial charge in [-0.25, -0.2) is 0 Å². The Morgan fingerprint density at radius 1 is 1.23 bits per heavy atom. The molecule has 0 aliphatic rings. The van der Waals surface area contributed by atoms with Crippen LogP contribution >= 0.6 is 0 Å². The highest BCUT2D eigenvalue weighted by Crippen LogP contribution is 2.13. The molecule has 0 aromatic heterocycles. The van der Waals surface area contributed by atoms with Crippen molar-refractivity contribution in [2.45, 2.75) is 32.2 Å². The van der Waals surface area contributed by atoms with Gasteiger partial charge in [0.1, 0.15) is 18.1 Å². The number of methoxy groups -OCH3 is 1. The zero-order valence-corrected chi connectivity index (χ0v) is 12.9. The van der Waals surface area contributed by atoms with Crippen molar-refractivity contribution in [3.8, 4) is 17.6 Å². The third kappa shape index (κ3) is 6.42. The van der Waals surface area contributed by atoms with Crippen LogP contribution in [0.25, 0.3) is 0 Å². The minimum atomic E-state index is -0.623. The van der Waals surface area contributed by atoms with E-state index in [1.807, 2.05) is 24.3 Å². The number of hydrogen-bond donors (Lipinski definition) is 1. The van der Waals surface area contributed by atoms with Crippen LogP contribution in [0.3, 0.4) is 0 Å². The Kier molecular flexibility index (Phi) is 7.73.